The topological polar surface area (TPSA) is 57.6 Å². The Labute approximate surface area is 66.1 Å². The van der Waals surface area contributed by atoms with Gasteiger partial charge in [-0.1, -0.05) is 6.58 Å². The average molecular weight is 159 g/mol. The number of aliphatic carboxylic acids is 1. The number of carboxylic acid groups (broad SMARTS) is 1. The summed E-state index contributed by atoms with van der Waals surface area (Å²) in [6, 6.07) is 0. The first-order valence-electron chi connectivity index (χ1n) is 2.92. The molecule has 0 aliphatic heterocycles. The number of rotatable bonds is 2. The molecular formula is C7H13NO3. The zero-order chi connectivity index (χ0) is 9.44. The average Bonchev–Trinajstić information content (AvgIpc) is 1.89. The molecule has 4 heteroatoms. The van der Waals surface area contributed by atoms with E-state index in [2.05, 4.69) is 6.58 Å². The van der Waals surface area contributed by atoms with Crippen molar-refractivity contribution in [2.75, 3.05) is 14.1 Å². The fourth-order valence-electron chi connectivity index (χ4n) is 0. The molecule has 0 aromatic carbocycles. The van der Waals surface area contributed by atoms with E-state index in [9.17, 15) is 9.59 Å². The summed E-state index contributed by atoms with van der Waals surface area (Å²) in [5, 5.41) is 7.89. The van der Waals surface area contributed by atoms with Gasteiger partial charge in [-0.15, -0.1) is 0 Å². The Bertz CT molecular complexity index is 140. The number of carbonyl (C=O) groups is 2. The molecule has 0 radical (unpaired) electrons. The van der Waals surface area contributed by atoms with Gasteiger partial charge in [-0.25, -0.2) is 4.79 Å². The van der Waals surface area contributed by atoms with Crippen LogP contribution in [0, 0.1) is 0 Å². The number of nitrogens with zero attached hydrogens (tertiary/aromatic N) is 1. The molecule has 0 aromatic heterocycles. The number of carboxylic acids is 1. The van der Waals surface area contributed by atoms with Gasteiger partial charge in [0.05, 0.1) is 0 Å². The van der Waals surface area contributed by atoms with Gasteiger partial charge in [0.25, 0.3) is 0 Å². The van der Waals surface area contributed by atoms with Crippen LogP contribution in [0.1, 0.15) is 6.92 Å². The van der Waals surface area contributed by atoms with Crippen molar-refractivity contribution in [2.45, 2.75) is 6.92 Å². The fraction of sp³-hybridized carbons (Fsp3) is 0.429. The predicted octanol–water partition coefficient (Wildman–Crippen LogP) is 0.351. The third-order valence-electron chi connectivity index (χ3n) is 0.576. The maximum Gasteiger partial charge on any atom is 0.330 e. The molecule has 1 N–H and O–H groups in total. The van der Waals surface area contributed by atoms with Crippen LogP contribution in [-0.2, 0) is 9.59 Å². The largest absolute Gasteiger partial charge is 0.478 e. The number of hydrogen-bond donors (Lipinski definition) is 1. The van der Waals surface area contributed by atoms with Gasteiger partial charge >= 0.3 is 5.97 Å². The smallest absolute Gasteiger partial charge is 0.330 e. The molecule has 0 fully saturated rings. The summed E-state index contributed by atoms with van der Waals surface area (Å²) < 4.78 is 0. The zero-order valence-electron chi connectivity index (χ0n) is 7.00. The summed E-state index contributed by atoms with van der Waals surface area (Å²) in [5.41, 5.74) is 0.176. The first-order valence-corrected chi connectivity index (χ1v) is 2.92. The van der Waals surface area contributed by atoms with Crippen LogP contribution in [0.5, 0.6) is 0 Å². The van der Waals surface area contributed by atoms with Crippen LogP contribution in [0.15, 0.2) is 12.2 Å². The Morgan fingerprint density at radius 2 is 1.73 bits per heavy atom. The molecule has 0 unspecified atom stereocenters. The molecule has 0 atom stereocenters. The van der Waals surface area contributed by atoms with E-state index in [1.54, 1.807) is 14.1 Å². The Morgan fingerprint density at radius 1 is 1.55 bits per heavy atom. The molecule has 0 heterocycles. The fourth-order valence-corrected chi connectivity index (χ4v) is 0. The van der Waals surface area contributed by atoms with E-state index >= 15 is 0 Å². The van der Waals surface area contributed by atoms with Crippen LogP contribution >= 0.6 is 0 Å². The standard InChI is InChI=1S/C4H6O2.C3H7NO/c1-3(2)4(5)6;1-4(2)3-5/h1H2,2H3,(H,5,6);3H,1-2H3. The minimum Gasteiger partial charge on any atom is -0.478 e. The van der Waals surface area contributed by atoms with Crippen molar-refractivity contribution in [1.29, 1.82) is 0 Å². The van der Waals surface area contributed by atoms with E-state index in [4.69, 9.17) is 5.11 Å². The van der Waals surface area contributed by atoms with Gasteiger partial charge in [-0.3, -0.25) is 4.79 Å². The quantitative estimate of drug-likeness (QED) is 0.467. The summed E-state index contributed by atoms with van der Waals surface area (Å²) in [5.74, 6) is -0.935. The molecule has 0 spiro atoms. The van der Waals surface area contributed by atoms with Crippen molar-refractivity contribution < 1.29 is 14.7 Å². The van der Waals surface area contributed by atoms with Crippen LogP contribution in [0.25, 0.3) is 0 Å². The SMILES string of the molecule is C=C(C)C(=O)O.CN(C)C=O. The first kappa shape index (κ1) is 12.4. The monoisotopic (exact) mass is 159 g/mol. The van der Waals surface area contributed by atoms with Crippen LogP contribution in [-0.4, -0.2) is 36.5 Å². The van der Waals surface area contributed by atoms with Crippen LogP contribution in [0.4, 0.5) is 0 Å². The Balaban J connectivity index is 0. The van der Waals surface area contributed by atoms with Crippen LogP contribution in [0.3, 0.4) is 0 Å². The lowest BCUT2D eigenvalue weighted by Crippen LogP contribution is -2.06. The molecule has 0 aliphatic rings. The summed E-state index contributed by atoms with van der Waals surface area (Å²) in [7, 11) is 3.38. The van der Waals surface area contributed by atoms with E-state index in [1.165, 1.54) is 11.8 Å². The number of hydrogen-bond acceptors (Lipinski definition) is 2. The van der Waals surface area contributed by atoms with E-state index in [0.717, 1.165) is 6.41 Å². The van der Waals surface area contributed by atoms with Gasteiger partial charge in [0.15, 0.2) is 0 Å². The molecule has 4 nitrogen and oxygen atoms in total. The highest BCUT2D eigenvalue weighted by molar-refractivity contribution is 5.84. The minimum absolute atomic E-state index is 0.176. The second-order valence-corrected chi connectivity index (χ2v) is 2.15. The second-order valence-electron chi connectivity index (χ2n) is 2.15. The summed E-state index contributed by atoms with van der Waals surface area (Å²) in [6.07, 6.45) is 0.750. The Kier molecular flexibility index (Phi) is 7.64. The van der Waals surface area contributed by atoms with Crippen molar-refractivity contribution in [1.82, 2.24) is 4.90 Å². The van der Waals surface area contributed by atoms with E-state index in [1.807, 2.05) is 0 Å². The van der Waals surface area contributed by atoms with Crippen molar-refractivity contribution in [3.05, 3.63) is 12.2 Å². The van der Waals surface area contributed by atoms with Gasteiger partial charge in [0.2, 0.25) is 6.41 Å². The molecule has 0 bridgehead atoms. The maximum atomic E-state index is 9.60. The molecule has 0 saturated heterocycles. The van der Waals surface area contributed by atoms with Gasteiger partial charge in [0, 0.05) is 19.7 Å². The molecule has 0 rings (SSSR count). The molecule has 11 heavy (non-hydrogen) atoms. The predicted molar refractivity (Wildman–Crippen MR) is 42.2 cm³/mol. The zero-order valence-corrected chi connectivity index (χ0v) is 7.00. The Hall–Kier alpha value is -1.32. The third kappa shape index (κ3) is 17.7. The molecule has 0 aromatic rings. The van der Waals surface area contributed by atoms with Crippen molar-refractivity contribution in [3.8, 4) is 0 Å². The lowest BCUT2D eigenvalue weighted by atomic mass is 10.4. The normalized spacial score (nSPS) is 7.18. The van der Waals surface area contributed by atoms with Gasteiger partial charge in [0.1, 0.15) is 0 Å². The molecule has 0 saturated carbocycles. The van der Waals surface area contributed by atoms with Crippen molar-refractivity contribution >= 4 is 12.4 Å². The van der Waals surface area contributed by atoms with Gasteiger partial charge < -0.3 is 10.0 Å². The van der Waals surface area contributed by atoms with Crippen LogP contribution in [0.2, 0.25) is 0 Å². The molecular weight excluding hydrogens is 146 g/mol. The molecule has 0 aliphatic carbocycles. The minimum atomic E-state index is -0.935. The van der Waals surface area contributed by atoms with Gasteiger partial charge in [-0.05, 0) is 6.92 Å². The van der Waals surface area contributed by atoms with Crippen molar-refractivity contribution in [2.24, 2.45) is 0 Å². The number of amides is 1. The first-order chi connectivity index (χ1) is 4.91. The second kappa shape index (κ2) is 6.80. The summed E-state index contributed by atoms with van der Waals surface area (Å²) in [6.45, 7) is 4.60. The molecule has 1 amide bonds. The van der Waals surface area contributed by atoms with E-state index < -0.39 is 5.97 Å². The van der Waals surface area contributed by atoms with Gasteiger partial charge in [-0.2, -0.15) is 0 Å². The number of carbonyl (C=O) groups excluding carboxylic acids is 1. The highest BCUT2D eigenvalue weighted by Gasteiger charge is 1.90. The highest BCUT2D eigenvalue weighted by atomic mass is 16.4. The lowest BCUT2D eigenvalue weighted by molar-refractivity contribution is -0.132. The highest BCUT2D eigenvalue weighted by Crippen LogP contribution is 1.81. The Morgan fingerprint density at radius 3 is 1.73 bits per heavy atom. The summed E-state index contributed by atoms with van der Waals surface area (Å²) >= 11 is 0. The third-order valence-corrected chi connectivity index (χ3v) is 0.576. The van der Waals surface area contributed by atoms with Crippen LogP contribution < -0.4 is 0 Å². The maximum absolute atomic E-state index is 9.60. The van der Waals surface area contributed by atoms with Crippen molar-refractivity contribution in [3.63, 3.8) is 0 Å². The van der Waals surface area contributed by atoms with E-state index in [-0.39, 0.29) is 5.57 Å². The summed E-state index contributed by atoms with van der Waals surface area (Å²) in [4.78, 5) is 20.5. The lowest BCUT2D eigenvalue weighted by Gasteiger charge is -1.93. The van der Waals surface area contributed by atoms with E-state index in [0.29, 0.717) is 0 Å². The molecule has 64 valence electrons.